The van der Waals surface area contributed by atoms with Gasteiger partial charge in [-0.2, -0.15) is 0 Å². The van der Waals surface area contributed by atoms with Crippen LogP contribution in [0.2, 0.25) is 0 Å². The second-order valence-corrected chi connectivity index (χ2v) is 6.87. The van der Waals surface area contributed by atoms with Crippen molar-refractivity contribution in [1.82, 2.24) is 14.8 Å². The van der Waals surface area contributed by atoms with E-state index in [1.807, 2.05) is 11.8 Å². The number of amides is 1. The summed E-state index contributed by atoms with van der Waals surface area (Å²) in [6.45, 7) is 5.82. The van der Waals surface area contributed by atoms with E-state index < -0.39 is 0 Å². The molecule has 1 saturated heterocycles. The first kappa shape index (κ1) is 15.4. The minimum atomic E-state index is 0.175. The average Bonchev–Trinajstić information content (AvgIpc) is 2.79. The fourth-order valence-corrected chi connectivity index (χ4v) is 3.81. The van der Waals surface area contributed by atoms with Crippen molar-refractivity contribution < 1.29 is 4.79 Å². The summed E-state index contributed by atoms with van der Waals surface area (Å²) in [5.74, 6) is 0.175. The fraction of sp³-hybridized carbons (Fsp3) is 0.733. The van der Waals surface area contributed by atoms with Crippen LogP contribution in [0.3, 0.4) is 0 Å². The molecule has 0 bridgehead atoms. The summed E-state index contributed by atoms with van der Waals surface area (Å²) in [6.07, 6.45) is 4.32. The van der Waals surface area contributed by atoms with Crippen LogP contribution in [0.15, 0.2) is 0 Å². The minimum Gasteiger partial charge on any atom is -0.336 e. The summed E-state index contributed by atoms with van der Waals surface area (Å²) in [5.41, 5.74) is 0.899. The Hall–Kier alpha value is -0.940. The average molecular weight is 295 g/mol. The lowest BCUT2D eigenvalue weighted by molar-refractivity contribution is 0.0639. The van der Waals surface area contributed by atoms with Gasteiger partial charge in [0.1, 0.15) is 4.88 Å². The van der Waals surface area contributed by atoms with Crippen LogP contribution in [0.1, 0.15) is 46.6 Å². The van der Waals surface area contributed by atoms with Crippen LogP contribution in [-0.4, -0.2) is 53.9 Å². The first-order chi connectivity index (χ1) is 9.52. The Balaban J connectivity index is 2.10. The highest BCUT2D eigenvalue weighted by Gasteiger charge is 2.27. The van der Waals surface area contributed by atoms with Crippen molar-refractivity contribution in [3.8, 4) is 0 Å². The standard InChI is InChI=1S/C15H25N3OS/c1-5-7-13-16-11(2)14(20-13)15(19)18-9-6-8-12(10-18)17(3)4/h12H,5-10H2,1-4H3/t12-/m0/s1. The van der Waals surface area contributed by atoms with Gasteiger partial charge in [0.2, 0.25) is 0 Å². The van der Waals surface area contributed by atoms with Gasteiger partial charge in [-0.3, -0.25) is 4.79 Å². The number of aryl methyl sites for hydroxylation is 2. The zero-order chi connectivity index (χ0) is 14.7. The molecule has 1 fully saturated rings. The van der Waals surface area contributed by atoms with Crippen LogP contribution >= 0.6 is 11.3 Å². The van der Waals surface area contributed by atoms with Crippen LogP contribution in [0.25, 0.3) is 0 Å². The van der Waals surface area contributed by atoms with Gasteiger partial charge in [-0.05, 0) is 46.7 Å². The van der Waals surface area contributed by atoms with E-state index in [1.165, 1.54) is 6.42 Å². The van der Waals surface area contributed by atoms with Gasteiger partial charge in [0.15, 0.2) is 0 Å². The molecule has 0 aliphatic carbocycles. The summed E-state index contributed by atoms with van der Waals surface area (Å²) in [7, 11) is 4.19. The van der Waals surface area contributed by atoms with Crippen LogP contribution in [0, 0.1) is 6.92 Å². The maximum Gasteiger partial charge on any atom is 0.265 e. The molecule has 0 radical (unpaired) electrons. The second-order valence-electron chi connectivity index (χ2n) is 5.78. The van der Waals surface area contributed by atoms with Crippen molar-refractivity contribution in [1.29, 1.82) is 0 Å². The lowest BCUT2D eigenvalue weighted by Crippen LogP contribution is -2.47. The van der Waals surface area contributed by atoms with Crippen LogP contribution < -0.4 is 0 Å². The number of piperidine rings is 1. The number of nitrogens with zero attached hydrogens (tertiary/aromatic N) is 3. The number of aromatic nitrogens is 1. The van der Waals surface area contributed by atoms with E-state index in [0.717, 1.165) is 47.9 Å². The van der Waals surface area contributed by atoms with E-state index >= 15 is 0 Å². The number of thiazole rings is 1. The molecule has 5 heteroatoms. The fourth-order valence-electron chi connectivity index (χ4n) is 2.68. The molecule has 1 atom stereocenters. The first-order valence-corrected chi connectivity index (χ1v) is 8.26. The summed E-state index contributed by atoms with van der Waals surface area (Å²) in [4.78, 5) is 22.3. The zero-order valence-corrected chi connectivity index (χ0v) is 13.8. The molecule has 0 spiro atoms. The Morgan fingerprint density at radius 1 is 1.50 bits per heavy atom. The third-order valence-corrected chi connectivity index (χ3v) is 5.12. The molecule has 1 aliphatic rings. The number of hydrogen-bond acceptors (Lipinski definition) is 4. The summed E-state index contributed by atoms with van der Waals surface area (Å²) in [5, 5.41) is 1.09. The Morgan fingerprint density at radius 3 is 2.90 bits per heavy atom. The molecular weight excluding hydrogens is 270 g/mol. The highest BCUT2D eigenvalue weighted by molar-refractivity contribution is 7.13. The van der Waals surface area contributed by atoms with Crippen molar-refractivity contribution >= 4 is 17.2 Å². The maximum absolute atomic E-state index is 12.7. The molecule has 2 rings (SSSR count). The lowest BCUT2D eigenvalue weighted by atomic mass is 10.0. The molecule has 112 valence electrons. The molecule has 2 heterocycles. The Labute approximate surface area is 125 Å². The number of hydrogen-bond donors (Lipinski definition) is 0. The number of carbonyl (C=O) groups excluding carboxylic acids is 1. The molecule has 1 aliphatic heterocycles. The minimum absolute atomic E-state index is 0.175. The molecular formula is C15H25N3OS. The van der Waals surface area contributed by atoms with Crippen molar-refractivity contribution in [3.05, 3.63) is 15.6 Å². The van der Waals surface area contributed by atoms with Crippen molar-refractivity contribution in [2.45, 2.75) is 45.6 Å². The quantitative estimate of drug-likeness (QED) is 0.856. The monoisotopic (exact) mass is 295 g/mol. The molecule has 1 aromatic heterocycles. The second kappa shape index (κ2) is 6.68. The van der Waals surface area contributed by atoms with Gasteiger partial charge in [0.05, 0.1) is 10.7 Å². The highest BCUT2D eigenvalue weighted by Crippen LogP contribution is 2.23. The molecule has 4 nitrogen and oxygen atoms in total. The molecule has 0 N–H and O–H groups in total. The van der Waals surface area contributed by atoms with E-state index in [2.05, 4.69) is 30.9 Å². The predicted molar refractivity (Wildman–Crippen MR) is 83.5 cm³/mol. The molecule has 20 heavy (non-hydrogen) atoms. The summed E-state index contributed by atoms with van der Waals surface area (Å²) < 4.78 is 0. The zero-order valence-electron chi connectivity index (χ0n) is 13.0. The van der Waals surface area contributed by atoms with Gasteiger partial charge in [0.25, 0.3) is 5.91 Å². The van der Waals surface area contributed by atoms with E-state index in [0.29, 0.717) is 6.04 Å². The first-order valence-electron chi connectivity index (χ1n) is 7.45. The Morgan fingerprint density at radius 2 is 2.25 bits per heavy atom. The normalized spacial score (nSPS) is 19.6. The predicted octanol–water partition coefficient (Wildman–Crippen LogP) is 2.57. The van der Waals surface area contributed by atoms with Gasteiger partial charge < -0.3 is 9.80 Å². The van der Waals surface area contributed by atoms with Gasteiger partial charge >= 0.3 is 0 Å². The number of rotatable bonds is 4. The Kier molecular flexibility index (Phi) is 5.16. The van der Waals surface area contributed by atoms with Gasteiger partial charge in [-0.1, -0.05) is 6.92 Å². The third kappa shape index (κ3) is 3.38. The maximum atomic E-state index is 12.7. The molecule has 1 amide bonds. The van der Waals surface area contributed by atoms with Crippen molar-refractivity contribution in [3.63, 3.8) is 0 Å². The van der Waals surface area contributed by atoms with Crippen LogP contribution in [-0.2, 0) is 6.42 Å². The molecule has 0 unspecified atom stereocenters. The number of carbonyl (C=O) groups is 1. The van der Waals surface area contributed by atoms with Crippen molar-refractivity contribution in [2.75, 3.05) is 27.2 Å². The molecule has 0 aromatic carbocycles. The van der Waals surface area contributed by atoms with Gasteiger partial charge in [-0.25, -0.2) is 4.98 Å². The van der Waals surface area contributed by atoms with E-state index in [4.69, 9.17) is 0 Å². The van der Waals surface area contributed by atoms with Crippen molar-refractivity contribution in [2.24, 2.45) is 0 Å². The summed E-state index contributed by atoms with van der Waals surface area (Å²) in [6, 6.07) is 0.482. The molecule has 1 aromatic rings. The SMILES string of the molecule is CCCc1nc(C)c(C(=O)N2CCC[C@H](N(C)C)C2)s1. The number of likely N-dealkylation sites (tertiary alicyclic amines) is 1. The van der Waals surface area contributed by atoms with E-state index in [-0.39, 0.29) is 5.91 Å². The van der Waals surface area contributed by atoms with Gasteiger partial charge in [0, 0.05) is 19.1 Å². The Bertz CT molecular complexity index is 470. The smallest absolute Gasteiger partial charge is 0.265 e. The van der Waals surface area contributed by atoms with E-state index in [1.54, 1.807) is 11.3 Å². The topological polar surface area (TPSA) is 36.4 Å². The van der Waals surface area contributed by atoms with Crippen LogP contribution in [0.5, 0.6) is 0 Å². The molecule has 0 saturated carbocycles. The summed E-state index contributed by atoms with van der Waals surface area (Å²) >= 11 is 1.58. The van der Waals surface area contributed by atoms with Gasteiger partial charge in [-0.15, -0.1) is 11.3 Å². The van der Waals surface area contributed by atoms with Crippen LogP contribution in [0.4, 0.5) is 0 Å². The largest absolute Gasteiger partial charge is 0.336 e. The highest BCUT2D eigenvalue weighted by atomic mass is 32.1. The van der Waals surface area contributed by atoms with E-state index in [9.17, 15) is 4.79 Å². The lowest BCUT2D eigenvalue weighted by Gasteiger charge is -2.36. The third-order valence-electron chi connectivity index (χ3n) is 3.91. The number of likely N-dealkylation sites (N-methyl/N-ethyl adjacent to an activating group) is 1.